The van der Waals surface area contributed by atoms with Crippen LogP contribution in [-0.2, 0) is 13.6 Å². The van der Waals surface area contributed by atoms with E-state index in [4.69, 9.17) is 0 Å². The molecule has 0 aliphatic heterocycles. The molecule has 2 heterocycles. The van der Waals surface area contributed by atoms with Crippen LogP contribution in [0.1, 0.15) is 5.69 Å². The second-order valence-electron chi connectivity index (χ2n) is 3.34. The van der Waals surface area contributed by atoms with Crippen LogP contribution >= 0.6 is 15.9 Å². The molecule has 0 aromatic carbocycles. The number of aromatic nitrogens is 3. The van der Waals surface area contributed by atoms with Crippen LogP contribution in [0.4, 0.5) is 10.1 Å². The highest BCUT2D eigenvalue weighted by atomic mass is 79.9. The largest absolute Gasteiger partial charge is 0.377 e. The number of nitrogens with one attached hydrogen (secondary N) is 1. The smallest absolute Gasteiger partial charge is 0.147 e. The SMILES string of the molecule is Cn1cc(NCc2ncc(Br)cc2F)cn1. The first-order valence-corrected chi connectivity index (χ1v) is 5.47. The zero-order chi connectivity index (χ0) is 11.5. The van der Waals surface area contributed by atoms with E-state index < -0.39 is 0 Å². The van der Waals surface area contributed by atoms with Crippen molar-refractivity contribution in [3.05, 3.63) is 40.6 Å². The molecule has 2 aromatic heterocycles. The van der Waals surface area contributed by atoms with Crippen molar-refractivity contribution in [3.63, 3.8) is 0 Å². The number of rotatable bonds is 3. The maximum Gasteiger partial charge on any atom is 0.147 e. The van der Waals surface area contributed by atoms with E-state index in [9.17, 15) is 4.39 Å². The summed E-state index contributed by atoms with van der Waals surface area (Å²) in [5.74, 6) is -0.328. The van der Waals surface area contributed by atoms with Crippen LogP contribution in [0.5, 0.6) is 0 Å². The van der Waals surface area contributed by atoms with Gasteiger partial charge in [-0.2, -0.15) is 5.10 Å². The Hall–Kier alpha value is -1.43. The summed E-state index contributed by atoms with van der Waals surface area (Å²) in [6.07, 6.45) is 5.07. The second-order valence-corrected chi connectivity index (χ2v) is 4.25. The van der Waals surface area contributed by atoms with Crippen LogP contribution in [0, 0.1) is 5.82 Å². The lowest BCUT2D eigenvalue weighted by molar-refractivity contribution is 0.601. The lowest BCUT2D eigenvalue weighted by Gasteiger charge is -2.04. The third-order valence-corrected chi connectivity index (χ3v) is 2.48. The van der Waals surface area contributed by atoms with Gasteiger partial charge in [-0.15, -0.1) is 0 Å². The predicted molar refractivity (Wildman–Crippen MR) is 62.4 cm³/mol. The van der Waals surface area contributed by atoms with Crippen molar-refractivity contribution in [2.45, 2.75) is 6.54 Å². The molecule has 0 atom stereocenters. The Morgan fingerprint density at radius 2 is 2.31 bits per heavy atom. The van der Waals surface area contributed by atoms with E-state index in [0.717, 1.165) is 5.69 Å². The maximum atomic E-state index is 13.4. The molecule has 0 unspecified atom stereocenters. The average Bonchev–Trinajstić information content (AvgIpc) is 2.63. The van der Waals surface area contributed by atoms with E-state index in [1.54, 1.807) is 17.1 Å². The first-order chi connectivity index (χ1) is 7.65. The molecule has 16 heavy (non-hydrogen) atoms. The Morgan fingerprint density at radius 3 is 2.94 bits per heavy atom. The minimum atomic E-state index is -0.328. The number of halogens is 2. The predicted octanol–water partition coefficient (Wildman–Crippen LogP) is 2.33. The van der Waals surface area contributed by atoms with Gasteiger partial charge in [0.15, 0.2) is 0 Å². The van der Waals surface area contributed by atoms with Gasteiger partial charge in [-0.1, -0.05) is 0 Å². The summed E-state index contributed by atoms with van der Waals surface area (Å²) in [4.78, 5) is 3.99. The van der Waals surface area contributed by atoms with Gasteiger partial charge < -0.3 is 5.32 Å². The van der Waals surface area contributed by atoms with Crippen LogP contribution < -0.4 is 5.32 Å². The van der Waals surface area contributed by atoms with Gasteiger partial charge in [-0.25, -0.2) is 4.39 Å². The van der Waals surface area contributed by atoms with Crippen LogP contribution in [0.2, 0.25) is 0 Å². The molecule has 0 saturated heterocycles. The van der Waals surface area contributed by atoms with Gasteiger partial charge in [0, 0.05) is 23.9 Å². The lowest BCUT2D eigenvalue weighted by Crippen LogP contribution is -2.03. The van der Waals surface area contributed by atoms with Crippen molar-refractivity contribution in [1.82, 2.24) is 14.8 Å². The summed E-state index contributed by atoms with van der Waals surface area (Å²) in [6, 6.07) is 1.40. The zero-order valence-corrected chi connectivity index (χ0v) is 10.2. The standard InChI is InChI=1S/C10H10BrFN4/c1-16-6-8(4-15-16)13-5-10-9(12)2-7(11)3-14-10/h2-4,6,13H,5H2,1H3. The molecule has 0 aliphatic carbocycles. The van der Waals surface area contributed by atoms with Gasteiger partial charge in [0.1, 0.15) is 5.82 Å². The summed E-state index contributed by atoms with van der Waals surface area (Å²) >= 11 is 3.16. The fourth-order valence-electron chi connectivity index (χ4n) is 1.27. The molecular formula is C10H10BrFN4. The summed E-state index contributed by atoms with van der Waals surface area (Å²) in [7, 11) is 1.82. The number of hydrogen-bond acceptors (Lipinski definition) is 3. The Morgan fingerprint density at radius 1 is 1.50 bits per heavy atom. The Bertz CT molecular complexity index is 497. The van der Waals surface area contributed by atoms with E-state index in [-0.39, 0.29) is 5.82 Å². The molecule has 0 saturated carbocycles. The van der Waals surface area contributed by atoms with E-state index in [2.05, 4.69) is 31.3 Å². The molecule has 6 heteroatoms. The van der Waals surface area contributed by atoms with E-state index in [1.807, 2.05) is 13.2 Å². The number of hydrogen-bond donors (Lipinski definition) is 1. The van der Waals surface area contributed by atoms with E-state index >= 15 is 0 Å². The van der Waals surface area contributed by atoms with Crippen molar-refractivity contribution in [3.8, 4) is 0 Å². The summed E-state index contributed by atoms with van der Waals surface area (Å²) in [6.45, 7) is 0.338. The fraction of sp³-hybridized carbons (Fsp3) is 0.200. The lowest BCUT2D eigenvalue weighted by atomic mass is 10.3. The Kier molecular flexibility index (Phi) is 3.19. The quantitative estimate of drug-likeness (QED) is 0.941. The molecule has 0 fully saturated rings. The van der Waals surface area contributed by atoms with Crippen molar-refractivity contribution in [2.24, 2.45) is 7.05 Å². The van der Waals surface area contributed by atoms with Crippen molar-refractivity contribution in [1.29, 1.82) is 0 Å². The third-order valence-electron chi connectivity index (χ3n) is 2.05. The molecule has 0 spiro atoms. The van der Waals surface area contributed by atoms with Gasteiger partial charge in [0.05, 0.1) is 24.1 Å². The molecule has 2 aromatic rings. The number of anilines is 1. The minimum Gasteiger partial charge on any atom is -0.377 e. The highest BCUT2D eigenvalue weighted by Gasteiger charge is 2.04. The average molecular weight is 285 g/mol. The molecule has 0 bridgehead atoms. The monoisotopic (exact) mass is 284 g/mol. The van der Waals surface area contributed by atoms with Crippen LogP contribution in [0.25, 0.3) is 0 Å². The highest BCUT2D eigenvalue weighted by Crippen LogP contribution is 2.13. The topological polar surface area (TPSA) is 42.7 Å². The van der Waals surface area contributed by atoms with E-state index in [1.165, 1.54) is 6.07 Å². The van der Waals surface area contributed by atoms with Gasteiger partial charge in [-0.05, 0) is 22.0 Å². The Balaban J connectivity index is 2.04. The van der Waals surface area contributed by atoms with Gasteiger partial charge in [0.2, 0.25) is 0 Å². The summed E-state index contributed by atoms with van der Waals surface area (Å²) in [5.41, 5.74) is 1.22. The molecular weight excluding hydrogens is 275 g/mol. The summed E-state index contributed by atoms with van der Waals surface area (Å²) in [5, 5.41) is 7.04. The van der Waals surface area contributed by atoms with Gasteiger partial charge >= 0.3 is 0 Å². The fourth-order valence-corrected chi connectivity index (χ4v) is 1.57. The number of nitrogens with zero attached hydrogens (tertiary/aromatic N) is 3. The molecule has 0 amide bonds. The first-order valence-electron chi connectivity index (χ1n) is 4.67. The first kappa shape index (κ1) is 11.1. The molecule has 4 nitrogen and oxygen atoms in total. The van der Waals surface area contributed by atoms with Crippen LogP contribution in [-0.4, -0.2) is 14.8 Å². The molecule has 1 N–H and O–H groups in total. The molecule has 0 aliphatic rings. The van der Waals surface area contributed by atoms with Gasteiger partial charge in [0.25, 0.3) is 0 Å². The van der Waals surface area contributed by atoms with Gasteiger partial charge in [-0.3, -0.25) is 9.67 Å². The number of pyridine rings is 1. The maximum absolute atomic E-state index is 13.4. The zero-order valence-electron chi connectivity index (χ0n) is 8.61. The number of aryl methyl sites for hydroxylation is 1. The Labute approximate surface area is 101 Å². The second kappa shape index (κ2) is 4.61. The molecule has 84 valence electrons. The molecule has 0 radical (unpaired) electrons. The third kappa shape index (κ3) is 2.57. The van der Waals surface area contributed by atoms with E-state index in [0.29, 0.717) is 16.7 Å². The van der Waals surface area contributed by atoms with Crippen molar-refractivity contribution >= 4 is 21.6 Å². The normalized spacial score (nSPS) is 10.4. The van der Waals surface area contributed by atoms with Crippen LogP contribution in [0.15, 0.2) is 29.1 Å². The summed E-state index contributed by atoms with van der Waals surface area (Å²) < 4.78 is 15.7. The molecule has 2 rings (SSSR count). The van der Waals surface area contributed by atoms with Crippen LogP contribution in [0.3, 0.4) is 0 Å². The van der Waals surface area contributed by atoms with Crippen molar-refractivity contribution in [2.75, 3.05) is 5.32 Å². The highest BCUT2D eigenvalue weighted by molar-refractivity contribution is 9.10. The minimum absolute atomic E-state index is 0.328. The van der Waals surface area contributed by atoms with Crippen molar-refractivity contribution < 1.29 is 4.39 Å².